The maximum Gasteiger partial charge on any atom is 0.247 e. The van der Waals surface area contributed by atoms with Crippen LogP contribution in [-0.2, 0) is 17.8 Å². The predicted molar refractivity (Wildman–Crippen MR) is 89.7 cm³/mol. The molecule has 1 N–H and O–H groups in total. The molecule has 0 radical (unpaired) electrons. The van der Waals surface area contributed by atoms with E-state index in [0.29, 0.717) is 0 Å². The number of H-pyrrole nitrogens is 1. The Balaban J connectivity index is 0.000000377. The van der Waals surface area contributed by atoms with Crippen molar-refractivity contribution in [2.24, 2.45) is 0 Å². The summed E-state index contributed by atoms with van der Waals surface area (Å²) in [7, 11) is 1.74. The van der Waals surface area contributed by atoms with E-state index >= 15 is 0 Å². The van der Waals surface area contributed by atoms with Crippen LogP contribution >= 0.6 is 0 Å². The number of aromatic amines is 1. The molecule has 0 amide bonds. The quantitative estimate of drug-likeness (QED) is 0.924. The highest BCUT2D eigenvalue weighted by molar-refractivity contribution is 5.30. The SMILES string of the molecule is CC.CCc1ccc(C)cc1COC.O=c1cccc[nH]1. The number of benzene rings is 1. The molecule has 3 heteroatoms. The average molecular weight is 289 g/mol. The lowest BCUT2D eigenvalue weighted by molar-refractivity contribution is 0.184. The minimum Gasteiger partial charge on any atom is -0.380 e. The molecule has 21 heavy (non-hydrogen) atoms. The maximum atomic E-state index is 10.2. The largest absolute Gasteiger partial charge is 0.380 e. The van der Waals surface area contributed by atoms with Crippen molar-refractivity contribution in [3.8, 4) is 0 Å². The van der Waals surface area contributed by atoms with Crippen molar-refractivity contribution in [1.29, 1.82) is 0 Å². The van der Waals surface area contributed by atoms with E-state index in [2.05, 4.69) is 37.0 Å². The summed E-state index contributed by atoms with van der Waals surface area (Å²) in [6.07, 6.45) is 2.68. The number of pyridine rings is 1. The number of rotatable bonds is 3. The lowest BCUT2D eigenvalue weighted by atomic mass is 10.0. The molecule has 1 aromatic carbocycles. The third kappa shape index (κ3) is 8.10. The van der Waals surface area contributed by atoms with E-state index in [4.69, 9.17) is 4.74 Å². The van der Waals surface area contributed by atoms with E-state index in [0.717, 1.165) is 13.0 Å². The van der Waals surface area contributed by atoms with Gasteiger partial charge < -0.3 is 9.72 Å². The molecule has 0 fully saturated rings. The Bertz CT molecular complexity index is 529. The van der Waals surface area contributed by atoms with Crippen LogP contribution in [0.4, 0.5) is 0 Å². The van der Waals surface area contributed by atoms with Gasteiger partial charge in [0.05, 0.1) is 6.61 Å². The molecular weight excluding hydrogens is 262 g/mol. The summed E-state index contributed by atoms with van der Waals surface area (Å²) in [6, 6.07) is 11.5. The molecule has 1 aromatic heterocycles. The van der Waals surface area contributed by atoms with Crippen molar-refractivity contribution in [3.63, 3.8) is 0 Å². The first-order valence-corrected chi connectivity index (χ1v) is 7.38. The van der Waals surface area contributed by atoms with Gasteiger partial charge in [-0.25, -0.2) is 0 Å². The highest BCUT2D eigenvalue weighted by Crippen LogP contribution is 2.13. The maximum absolute atomic E-state index is 10.2. The molecule has 0 aliphatic heterocycles. The fourth-order valence-electron chi connectivity index (χ4n) is 1.77. The topological polar surface area (TPSA) is 42.1 Å². The first-order valence-electron chi connectivity index (χ1n) is 7.38. The highest BCUT2D eigenvalue weighted by atomic mass is 16.5. The number of nitrogens with one attached hydrogen (secondary N) is 1. The number of hydrogen-bond acceptors (Lipinski definition) is 2. The first kappa shape index (κ1) is 19.1. The number of ether oxygens (including phenoxy) is 1. The summed E-state index contributed by atoms with van der Waals surface area (Å²) in [5, 5.41) is 0. The van der Waals surface area contributed by atoms with E-state index < -0.39 is 0 Å². The van der Waals surface area contributed by atoms with Gasteiger partial charge in [-0.15, -0.1) is 0 Å². The molecule has 0 aliphatic carbocycles. The van der Waals surface area contributed by atoms with Crippen molar-refractivity contribution >= 4 is 0 Å². The van der Waals surface area contributed by atoms with Crippen molar-refractivity contribution < 1.29 is 4.74 Å². The highest BCUT2D eigenvalue weighted by Gasteiger charge is 1.99. The van der Waals surface area contributed by atoms with E-state index in [1.165, 1.54) is 22.8 Å². The van der Waals surface area contributed by atoms with Gasteiger partial charge in [0, 0.05) is 19.4 Å². The van der Waals surface area contributed by atoms with Crippen LogP contribution in [0.25, 0.3) is 0 Å². The zero-order valence-electron chi connectivity index (χ0n) is 13.8. The summed E-state index contributed by atoms with van der Waals surface area (Å²) in [6.45, 7) is 9.01. The van der Waals surface area contributed by atoms with Crippen molar-refractivity contribution in [3.05, 3.63) is 69.6 Å². The number of aryl methyl sites for hydroxylation is 2. The van der Waals surface area contributed by atoms with E-state index in [9.17, 15) is 4.79 Å². The zero-order chi connectivity index (χ0) is 16.1. The Hall–Kier alpha value is -1.87. The van der Waals surface area contributed by atoms with Gasteiger partial charge in [-0.2, -0.15) is 0 Å². The Morgan fingerprint density at radius 2 is 1.81 bits per heavy atom. The molecule has 0 saturated carbocycles. The van der Waals surface area contributed by atoms with Crippen LogP contribution in [0.2, 0.25) is 0 Å². The molecule has 1 heterocycles. The molecule has 2 aromatic rings. The van der Waals surface area contributed by atoms with Crippen LogP contribution in [0.1, 0.15) is 37.5 Å². The number of hydrogen-bond donors (Lipinski definition) is 1. The Labute approximate surface area is 128 Å². The summed E-state index contributed by atoms with van der Waals surface area (Å²) >= 11 is 0. The average Bonchev–Trinajstić information content (AvgIpc) is 2.51. The van der Waals surface area contributed by atoms with Gasteiger partial charge in [0.1, 0.15) is 0 Å². The minimum absolute atomic E-state index is 0.0532. The van der Waals surface area contributed by atoms with Crippen molar-refractivity contribution in [1.82, 2.24) is 4.98 Å². The normalized spacial score (nSPS) is 9.00. The zero-order valence-corrected chi connectivity index (χ0v) is 13.8. The second-order valence-corrected chi connectivity index (χ2v) is 4.29. The van der Waals surface area contributed by atoms with E-state index in [1.807, 2.05) is 13.8 Å². The second-order valence-electron chi connectivity index (χ2n) is 4.29. The van der Waals surface area contributed by atoms with Crippen LogP contribution in [0, 0.1) is 6.92 Å². The van der Waals surface area contributed by atoms with Gasteiger partial charge >= 0.3 is 0 Å². The molecule has 2 rings (SSSR count). The van der Waals surface area contributed by atoms with Gasteiger partial charge in [0.25, 0.3) is 0 Å². The molecule has 0 spiro atoms. The van der Waals surface area contributed by atoms with Gasteiger partial charge in [-0.3, -0.25) is 4.79 Å². The van der Waals surface area contributed by atoms with Crippen LogP contribution in [0.3, 0.4) is 0 Å². The fraction of sp³-hybridized carbons (Fsp3) is 0.389. The van der Waals surface area contributed by atoms with Gasteiger partial charge in [-0.05, 0) is 30.5 Å². The Kier molecular flexibility index (Phi) is 10.9. The number of aromatic nitrogens is 1. The van der Waals surface area contributed by atoms with Crippen LogP contribution < -0.4 is 5.56 Å². The van der Waals surface area contributed by atoms with Crippen LogP contribution in [0.5, 0.6) is 0 Å². The Morgan fingerprint density at radius 3 is 2.24 bits per heavy atom. The smallest absolute Gasteiger partial charge is 0.247 e. The first-order chi connectivity index (χ1) is 10.2. The molecule has 116 valence electrons. The molecule has 3 nitrogen and oxygen atoms in total. The van der Waals surface area contributed by atoms with Gasteiger partial charge in [-0.1, -0.05) is 50.6 Å². The van der Waals surface area contributed by atoms with Gasteiger partial charge in [0.15, 0.2) is 0 Å². The third-order valence-corrected chi connectivity index (χ3v) is 2.72. The van der Waals surface area contributed by atoms with Crippen molar-refractivity contribution in [2.45, 2.75) is 40.7 Å². The third-order valence-electron chi connectivity index (χ3n) is 2.72. The Morgan fingerprint density at radius 1 is 1.10 bits per heavy atom. The molecule has 0 saturated heterocycles. The monoisotopic (exact) mass is 289 g/mol. The second kappa shape index (κ2) is 11.9. The van der Waals surface area contributed by atoms with E-state index in [-0.39, 0.29) is 5.56 Å². The molecule has 0 unspecified atom stereocenters. The summed E-state index contributed by atoms with van der Waals surface area (Å²) in [5.74, 6) is 0. The fourth-order valence-corrected chi connectivity index (χ4v) is 1.77. The predicted octanol–water partition coefficient (Wildman–Crippen LogP) is 4.10. The van der Waals surface area contributed by atoms with Crippen LogP contribution in [0.15, 0.2) is 47.4 Å². The van der Waals surface area contributed by atoms with Crippen molar-refractivity contribution in [2.75, 3.05) is 7.11 Å². The summed E-state index contributed by atoms with van der Waals surface area (Å²) in [4.78, 5) is 12.7. The molecule has 0 atom stereocenters. The summed E-state index contributed by atoms with van der Waals surface area (Å²) in [5.41, 5.74) is 3.96. The summed E-state index contributed by atoms with van der Waals surface area (Å²) < 4.78 is 5.13. The standard InChI is InChI=1S/C11H16O.C5H5NO.C2H6/c1-4-10-6-5-9(2)7-11(10)8-12-3;7-5-3-1-2-4-6-5;1-2/h5-7H,4,8H2,1-3H3;1-4H,(H,6,7);1-2H3. The number of methoxy groups -OCH3 is 1. The molecule has 0 bridgehead atoms. The molecule has 0 aliphatic rings. The van der Waals surface area contributed by atoms with E-state index in [1.54, 1.807) is 25.4 Å². The van der Waals surface area contributed by atoms with Crippen LogP contribution in [-0.4, -0.2) is 12.1 Å². The minimum atomic E-state index is -0.0532. The van der Waals surface area contributed by atoms with Gasteiger partial charge in [0.2, 0.25) is 5.56 Å². The lowest BCUT2D eigenvalue weighted by Crippen LogP contribution is -1.98. The molecular formula is C18H27NO2. The lowest BCUT2D eigenvalue weighted by Gasteiger charge is -2.07.